The van der Waals surface area contributed by atoms with Gasteiger partial charge in [0.05, 0.1) is 5.57 Å². The van der Waals surface area contributed by atoms with Gasteiger partial charge in [0.2, 0.25) is 16.8 Å². The SMILES string of the molecule is CCC/C(=C\C1=C(O)c2ccccc2C(=O)C1=O)C(=O)Cl. The molecule has 0 spiro atoms. The maximum atomic E-state index is 12.1. The number of carbonyl (C=O) groups excluding carboxylic acids is 3. The molecule has 0 aromatic heterocycles. The van der Waals surface area contributed by atoms with Gasteiger partial charge in [-0.1, -0.05) is 37.6 Å². The second-order valence-electron chi connectivity index (χ2n) is 4.66. The van der Waals surface area contributed by atoms with Crippen molar-refractivity contribution in [1.82, 2.24) is 0 Å². The monoisotopic (exact) mass is 304 g/mol. The lowest BCUT2D eigenvalue weighted by atomic mass is 9.87. The molecule has 0 unspecified atom stereocenters. The van der Waals surface area contributed by atoms with E-state index in [1.54, 1.807) is 18.2 Å². The van der Waals surface area contributed by atoms with Crippen LogP contribution in [0.4, 0.5) is 0 Å². The molecule has 0 amide bonds. The van der Waals surface area contributed by atoms with Crippen LogP contribution in [-0.2, 0) is 9.59 Å². The molecule has 0 atom stereocenters. The van der Waals surface area contributed by atoms with E-state index in [0.717, 1.165) is 0 Å². The normalized spacial score (nSPS) is 15.2. The molecule has 0 radical (unpaired) electrons. The predicted molar refractivity (Wildman–Crippen MR) is 79.2 cm³/mol. The number of ketones is 2. The van der Waals surface area contributed by atoms with E-state index in [1.165, 1.54) is 12.1 Å². The minimum absolute atomic E-state index is 0.159. The van der Waals surface area contributed by atoms with Crippen LogP contribution >= 0.6 is 11.6 Å². The molecule has 1 aromatic carbocycles. The van der Waals surface area contributed by atoms with Crippen molar-refractivity contribution in [3.05, 3.63) is 52.6 Å². The summed E-state index contributed by atoms with van der Waals surface area (Å²) in [4.78, 5) is 35.5. The van der Waals surface area contributed by atoms with Gasteiger partial charge in [-0.15, -0.1) is 0 Å². The number of carbonyl (C=O) groups is 3. The second kappa shape index (κ2) is 6.06. The number of aliphatic hydroxyl groups excluding tert-OH is 1. The molecule has 108 valence electrons. The zero-order valence-electron chi connectivity index (χ0n) is 11.4. The summed E-state index contributed by atoms with van der Waals surface area (Å²) in [5.41, 5.74) is 0.454. The van der Waals surface area contributed by atoms with Gasteiger partial charge in [-0.3, -0.25) is 14.4 Å². The topological polar surface area (TPSA) is 71.4 Å². The summed E-state index contributed by atoms with van der Waals surface area (Å²) in [6.07, 6.45) is 2.23. The van der Waals surface area contributed by atoms with Gasteiger partial charge in [0.1, 0.15) is 5.76 Å². The molecule has 1 N–H and O–H groups in total. The van der Waals surface area contributed by atoms with E-state index in [1.807, 2.05) is 6.92 Å². The lowest BCUT2D eigenvalue weighted by Crippen LogP contribution is -2.23. The highest BCUT2D eigenvalue weighted by Crippen LogP contribution is 2.29. The Labute approximate surface area is 126 Å². The lowest BCUT2D eigenvalue weighted by Gasteiger charge is -2.16. The predicted octanol–water partition coefficient (Wildman–Crippen LogP) is 3.21. The third-order valence-corrected chi connectivity index (χ3v) is 3.47. The summed E-state index contributed by atoms with van der Waals surface area (Å²) in [5.74, 6) is -1.84. The number of aliphatic hydroxyl groups is 1. The highest BCUT2D eigenvalue weighted by Gasteiger charge is 2.31. The molecular formula is C16H13ClO4. The Kier molecular flexibility index (Phi) is 4.38. The van der Waals surface area contributed by atoms with E-state index in [-0.39, 0.29) is 28.0 Å². The number of fused-ring (bicyclic) bond motifs is 1. The lowest BCUT2D eigenvalue weighted by molar-refractivity contribution is -0.111. The van der Waals surface area contributed by atoms with Crippen molar-refractivity contribution in [3.63, 3.8) is 0 Å². The molecule has 1 aliphatic carbocycles. The fraction of sp³-hybridized carbons (Fsp3) is 0.188. The van der Waals surface area contributed by atoms with Crippen LogP contribution in [-0.4, -0.2) is 21.9 Å². The number of hydrogen-bond acceptors (Lipinski definition) is 4. The van der Waals surface area contributed by atoms with E-state index < -0.39 is 16.8 Å². The Hall–Kier alpha value is -2.20. The Balaban J connectivity index is 2.62. The van der Waals surface area contributed by atoms with Crippen molar-refractivity contribution in [3.8, 4) is 0 Å². The van der Waals surface area contributed by atoms with Crippen LogP contribution in [0.1, 0.15) is 35.7 Å². The Morgan fingerprint density at radius 2 is 1.81 bits per heavy atom. The molecule has 0 saturated carbocycles. The van der Waals surface area contributed by atoms with E-state index in [2.05, 4.69) is 0 Å². The molecule has 0 saturated heterocycles. The molecule has 2 rings (SSSR count). The summed E-state index contributed by atoms with van der Waals surface area (Å²) in [5, 5.41) is 9.52. The summed E-state index contributed by atoms with van der Waals surface area (Å²) in [7, 11) is 0. The summed E-state index contributed by atoms with van der Waals surface area (Å²) >= 11 is 5.47. The first kappa shape index (κ1) is 15.2. The van der Waals surface area contributed by atoms with Gasteiger partial charge in [0, 0.05) is 16.7 Å². The van der Waals surface area contributed by atoms with Crippen molar-refractivity contribution in [2.45, 2.75) is 19.8 Å². The van der Waals surface area contributed by atoms with Crippen LogP contribution in [0.3, 0.4) is 0 Å². The first-order chi connectivity index (χ1) is 9.97. The Morgan fingerprint density at radius 3 is 2.38 bits per heavy atom. The van der Waals surface area contributed by atoms with Crippen LogP contribution in [0.15, 0.2) is 41.5 Å². The highest BCUT2D eigenvalue weighted by atomic mass is 35.5. The average Bonchev–Trinajstić information content (AvgIpc) is 2.48. The number of allylic oxidation sites excluding steroid dienone is 3. The third kappa shape index (κ3) is 2.81. The molecule has 21 heavy (non-hydrogen) atoms. The maximum absolute atomic E-state index is 12.1. The Bertz CT molecular complexity index is 698. The number of Topliss-reactive ketones (excluding diaryl/α,β-unsaturated/α-hetero) is 2. The number of hydrogen-bond donors (Lipinski definition) is 1. The van der Waals surface area contributed by atoms with Gasteiger partial charge in [-0.2, -0.15) is 0 Å². The summed E-state index contributed by atoms with van der Waals surface area (Å²) in [6, 6.07) is 6.29. The molecule has 0 bridgehead atoms. The van der Waals surface area contributed by atoms with Crippen LogP contribution in [0.5, 0.6) is 0 Å². The summed E-state index contributed by atoms with van der Waals surface area (Å²) < 4.78 is 0. The smallest absolute Gasteiger partial charge is 0.248 e. The molecule has 0 fully saturated rings. The van der Waals surface area contributed by atoms with Crippen molar-refractivity contribution in [1.29, 1.82) is 0 Å². The number of benzene rings is 1. The molecule has 4 nitrogen and oxygen atoms in total. The van der Waals surface area contributed by atoms with Crippen LogP contribution in [0, 0.1) is 0 Å². The first-order valence-electron chi connectivity index (χ1n) is 6.49. The molecule has 1 aromatic rings. The number of halogens is 1. The van der Waals surface area contributed by atoms with Crippen LogP contribution in [0.25, 0.3) is 5.76 Å². The first-order valence-corrected chi connectivity index (χ1v) is 6.87. The van der Waals surface area contributed by atoms with Gasteiger partial charge < -0.3 is 5.11 Å². The van der Waals surface area contributed by atoms with Gasteiger partial charge in [0.15, 0.2) is 0 Å². The Morgan fingerprint density at radius 1 is 1.19 bits per heavy atom. The zero-order valence-corrected chi connectivity index (χ0v) is 12.1. The van der Waals surface area contributed by atoms with Gasteiger partial charge in [0.25, 0.3) is 0 Å². The van der Waals surface area contributed by atoms with Crippen molar-refractivity contribution in [2.75, 3.05) is 0 Å². The highest BCUT2D eigenvalue weighted by molar-refractivity contribution is 6.67. The number of rotatable bonds is 4. The fourth-order valence-electron chi connectivity index (χ4n) is 2.19. The minimum atomic E-state index is -0.835. The fourth-order valence-corrected chi connectivity index (χ4v) is 2.34. The van der Waals surface area contributed by atoms with Gasteiger partial charge in [-0.25, -0.2) is 0 Å². The molecule has 1 aliphatic rings. The zero-order chi connectivity index (χ0) is 15.6. The second-order valence-corrected chi connectivity index (χ2v) is 5.00. The van der Waals surface area contributed by atoms with Gasteiger partial charge in [-0.05, 0) is 24.1 Å². The quantitative estimate of drug-likeness (QED) is 0.527. The molecule has 0 heterocycles. The van der Waals surface area contributed by atoms with Crippen LogP contribution < -0.4 is 0 Å². The molecule has 0 aliphatic heterocycles. The maximum Gasteiger partial charge on any atom is 0.248 e. The summed E-state index contributed by atoms with van der Waals surface area (Å²) in [6.45, 7) is 1.85. The molecule has 5 heteroatoms. The minimum Gasteiger partial charge on any atom is -0.507 e. The van der Waals surface area contributed by atoms with Crippen molar-refractivity contribution >= 4 is 34.2 Å². The van der Waals surface area contributed by atoms with E-state index in [0.29, 0.717) is 12.8 Å². The van der Waals surface area contributed by atoms with Crippen LogP contribution in [0.2, 0.25) is 0 Å². The van der Waals surface area contributed by atoms with E-state index in [9.17, 15) is 19.5 Å². The third-order valence-electron chi connectivity index (χ3n) is 3.22. The van der Waals surface area contributed by atoms with Crippen molar-refractivity contribution in [2.24, 2.45) is 0 Å². The standard InChI is InChI=1S/C16H13ClO4/c1-2-5-9(16(17)21)8-12-13(18)10-6-3-4-7-11(10)14(19)15(12)20/h3-4,6-8,18H,2,5H2,1H3/b9-8+. The van der Waals surface area contributed by atoms with Crippen molar-refractivity contribution < 1.29 is 19.5 Å². The van der Waals surface area contributed by atoms with Gasteiger partial charge >= 0.3 is 0 Å². The average molecular weight is 305 g/mol. The molecular weight excluding hydrogens is 292 g/mol. The van der Waals surface area contributed by atoms with E-state index in [4.69, 9.17) is 11.6 Å². The largest absolute Gasteiger partial charge is 0.507 e. The van der Waals surface area contributed by atoms with E-state index >= 15 is 0 Å².